The van der Waals surface area contributed by atoms with Gasteiger partial charge in [0.25, 0.3) is 0 Å². The number of hydrogen-bond acceptors (Lipinski definition) is 5. The summed E-state index contributed by atoms with van der Waals surface area (Å²) in [6.45, 7) is 3.00. The van der Waals surface area contributed by atoms with Gasteiger partial charge in [-0.2, -0.15) is 0 Å². The summed E-state index contributed by atoms with van der Waals surface area (Å²) in [7, 11) is 1.67. The maximum absolute atomic E-state index is 11.0. The Morgan fingerprint density at radius 1 is 1.09 bits per heavy atom. The minimum atomic E-state index is -0.961. The fourth-order valence-electron chi connectivity index (χ4n) is 4.79. The lowest BCUT2D eigenvalue weighted by Crippen LogP contribution is -2.22. The molecule has 1 saturated carbocycles. The van der Waals surface area contributed by atoms with Crippen molar-refractivity contribution in [2.45, 2.75) is 57.8 Å². The molecule has 7 nitrogen and oxygen atoms in total. The zero-order valence-electron chi connectivity index (χ0n) is 20.4. The number of rotatable bonds is 11. The smallest absolute Gasteiger partial charge is 0.341 e. The molecule has 3 aromatic rings. The molecule has 0 atom stereocenters. The average molecular weight is 479 g/mol. The summed E-state index contributed by atoms with van der Waals surface area (Å²) in [6, 6.07) is 15.9. The Bertz CT molecular complexity index is 1100. The Morgan fingerprint density at radius 2 is 1.86 bits per heavy atom. The van der Waals surface area contributed by atoms with Gasteiger partial charge in [0.1, 0.15) is 11.5 Å². The van der Waals surface area contributed by atoms with E-state index in [0.29, 0.717) is 18.3 Å². The molecule has 1 heterocycles. The summed E-state index contributed by atoms with van der Waals surface area (Å²) >= 11 is 0. The number of carboxylic acids is 1. The summed E-state index contributed by atoms with van der Waals surface area (Å²) in [5.74, 6) is 0.935. The highest BCUT2D eigenvalue weighted by Crippen LogP contribution is 2.40. The highest BCUT2D eigenvalue weighted by Gasteiger charge is 2.26. The largest absolute Gasteiger partial charge is 0.497 e. The van der Waals surface area contributed by atoms with Crippen molar-refractivity contribution in [2.24, 2.45) is 0 Å². The molecule has 0 aliphatic heterocycles. The van der Waals surface area contributed by atoms with E-state index in [2.05, 4.69) is 35.4 Å². The molecule has 1 aliphatic rings. The van der Waals surface area contributed by atoms with Crippen molar-refractivity contribution in [3.05, 3.63) is 77.1 Å². The van der Waals surface area contributed by atoms with Crippen LogP contribution < -0.4 is 14.8 Å². The second-order valence-corrected chi connectivity index (χ2v) is 9.03. The number of aromatic nitrogens is 1. The number of aliphatic carboxylic acids is 1. The standard InChI is InChI=1S/C28H34N2O5/c1-19-4-3-5-26(35-18-27(31)32)28(19)21-8-12-23(13-9-21)34-17-25-24(14-15-29-25)30-16-20-6-10-22(33-2)11-7-20/h3-7,10-11,14-15,21,23,29-30H,8-9,12-13,16-18H2,1-2H3,(H,31,32). The molecular formula is C28H34N2O5. The number of benzene rings is 2. The van der Waals surface area contributed by atoms with Gasteiger partial charge in [0.2, 0.25) is 0 Å². The fraction of sp³-hybridized carbons (Fsp3) is 0.393. The van der Waals surface area contributed by atoms with Crippen LogP contribution in [0.2, 0.25) is 0 Å². The van der Waals surface area contributed by atoms with Crippen LogP contribution in [0.5, 0.6) is 11.5 Å². The quantitative estimate of drug-likeness (QED) is 0.330. The van der Waals surface area contributed by atoms with Crippen LogP contribution in [0.15, 0.2) is 54.7 Å². The molecule has 1 fully saturated rings. The second-order valence-electron chi connectivity index (χ2n) is 9.03. The van der Waals surface area contributed by atoms with Gasteiger partial charge in [0, 0.05) is 18.3 Å². The lowest BCUT2D eigenvalue weighted by Gasteiger charge is -2.30. The van der Waals surface area contributed by atoms with Crippen LogP contribution in [-0.2, 0) is 22.7 Å². The molecule has 2 aromatic carbocycles. The first-order chi connectivity index (χ1) is 17.0. The van der Waals surface area contributed by atoms with Gasteiger partial charge in [-0.1, -0.05) is 24.3 Å². The van der Waals surface area contributed by atoms with E-state index in [9.17, 15) is 4.79 Å². The Balaban J connectivity index is 1.28. The molecule has 0 bridgehead atoms. The lowest BCUT2D eigenvalue weighted by molar-refractivity contribution is -0.139. The molecule has 1 aromatic heterocycles. The van der Waals surface area contributed by atoms with Crippen LogP contribution in [0.25, 0.3) is 0 Å². The van der Waals surface area contributed by atoms with Crippen LogP contribution in [-0.4, -0.2) is 35.9 Å². The number of ether oxygens (including phenoxy) is 3. The van der Waals surface area contributed by atoms with Gasteiger partial charge in [-0.15, -0.1) is 0 Å². The van der Waals surface area contributed by atoms with Crippen LogP contribution in [0.3, 0.4) is 0 Å². The third-order valence-electron chi connectivity index (χ3n) is 6.66. The van der Waals surface area contributed by atoms with Crippen molar-refractivity contribution in [3.8, 4) is 11.5 Å². The molecule has 7 heteroatoms. The van der Waals surface area contributed by atoms with E-state index in [1.807, 2.05) is 36.5 Å². The van der Waals surface area contributed by atoms with Crippen molar-refractivity contribution in [3.63, 3.8) is 0 Å². The lowest BCUT2D eigenvalue weighted by atomic mass is 9.80. The molecule has 186 valence electrons. The van der Waals surface area contributed by atoms with Crippen LogP contribution in [0.4, 0.5) is 5.69 Å². The van der Waals surface area contributed by atoms with Crippen molar-refractivity contribution in [2.75, 3.05) is 19.0 Å². The van der Waals surface area contributed by atoms with E-state index in [1.54, 1.807) is 7.11 Å². The van der Waals surface area contributed by atoms with Crippen molar-refractivity contribution in [1.82, 2.24) is 4.98 Å². The molecule has 0 saturated heterocycles. The Kier molecular flexibility index (Phi) is 8.32. The first-order valence-corrected chi connectivity index (χ1v) is 12.1. The van der Waals surface area contributed by atoms with E-state index in [0.717, 1.165) is 60.5 Å². The second kappa shape index (κ2) is 11.8. The first kappa shape index (κ1) is 24.7. The van der Waals surface area contributed by atoms with E-state index in [1.165, 1.54) is 5.56 Å². The number of carbonyl (C=O) groups is 1. The Hall–Kier alpha value is -3.45. The number of H-pyrrole nitrogens is 1. The summed E-state index contributed by atoms with van der Waals surface area (Å²) < 4.78 is 17.1. The van der Waals surface area contributed by atoms with Gasteiger partial charge in [0.05, 0.1) is 31.2 Å². The minimum absolute atomic E-state index is 0.205. The van der Waals surface area contributed by atoms with Crippen molar-refractivity contribution >= 4 is 11.7 Å². The number of anilines is 1. The molecule has 4 rings (SSSR count). The third-order valence-corrected chi connectivity index (χ3v) is 6.66. The topological polar surface area (TPSA) is 92.8 Å². The number of aryl methyl sites for hydroxylation is 1. The Morgan fingerprint density at radius 3 is 2.57 bits per heavy atom. The molecule has 3 N–H and O–H groups in total. The molecule has 35 heavy (non-hydrogen) atoms. The molecule has 0 spiro atoms. The van der Waals surface area contributed by atoms with Gasteiger partial charge in [-0.25, -0.2) is 4.79 Å². The zero-order chi connectivity index (χ0) is 24.6. The normalized spacial score (nSPS) is 17.7. The predicted octanol–water partition coefficient (Wildman–Crippen LogP) is 5.65. The van der Waals surface area contributed by atoms with E-state index < -0.39 is 5.97 Å². The van der Waals surface area contributed by atoms with Gasteiger partial charge in [-0.05, 0) is 73.9 Å². The van der Waals surface area contributed by atoms with Gasteiger partial charge < -0.3 is 29.6 Å². The molecule has 1 aliphatic carbocycles. The number of nitrogens with one attached hydrogen (secondary N) is 2. The molecule has 0 radical (unpaired) electrons. The zero-order valence-corrected chi connectivity index (χ0v) is 20.4. The van der Waals surface area contributed by atoms with E-state index >= 15 is 0 Å². The first-order valence-electron chi connectivity index (χ1n) is 12.1. The van der Waals surface area contributed by atoms with Gasteiger partial charge in [-0.3, -0.25) is 0 Å². The number of methoxy groups -OCH3 is 1. The third kappa shape index (κ3) is 6.57. The average Bonchev–Trinajstić information content (AvgIpc) is 3.33. The van der Waals surface area contributed by atoms with E-state index in [4.69, 9.17) is 19.3 Å². The fourth-order valence-corrected chi connectivity index (χ4v) is 4.79. The van der Waals surface area contributed by atoms with Gasteiger partial charge in [0.15, 0.2) is 6.61 Å². The summed E-state index contributed by atoms with van der Waals surface area (Å²) in [6.07, 6.45) is 6.05. The number of carboxylic acid groups (broad SMARTS) is 1. The molecule has 0 amide bonds. The Labute approximate surface area is 206 Å². The van der Waals surface area contributed by atoms with Crippen LogP contribution in [0.1, 0.15) is 54.0 Å². The highest BCUT2D eigenvalue weighted by atomic mass is 16.5. The minimum Gasteiger partial charge on any atom is -0.497 e. The number of aromatic amines is 1. The van der Waals surface area contributed by atoms with Crippen molar-refractivity contribution < 1.29 is 24.1 Å². The summed E-state index contributed by atoms with van der Waals surface area (Å²) in [5.41, 5.74) is 5.57. The molecular weight excluding hydrogens is 444 g/mol. The van der Waals surface area contributed by atoms with Gasteiger partial charge >= 0.3 is 5.97 Å². The van der Waals surface area contributed by atoms with Crippen LogP contribution >= 0.6 is 0 Å². The number of hydrogen-bond donors (Lipinski definition) is 3. The molecule has 0 unspecified atom stereocenters. The summed E-state index contributed by atoms with van der Waals surface area (Å²) in [5, 5.41) is 12.5. The van der Waals surface area contributed by atoms with E-state index in [-0.39, 0.29) is 12.7 Å². The SMILES string of the molecule is COc1ccc(CNc2cc[nH]c2COC2CCC(c3c(C)cccc3OCC(=O)O)CC2)cc1. The maximum atomic E-state index is 11.0. The maximum Gasteiger partial charge on any atom is 0.341 e. The van der Waals surface area contributed by atoms with Crippen LogP contribution in [0, 0.1) is 6.92 Å². The monoisotopic (exact) mass is 478 g/mol. The highest BCUT2D eigenvalue weighted by molar-refractivity contribution is 5.68. The summed E-state index contributed by atoms with van der Waals surface area (Å²) in [4.78, 5) is 14.3. The predicted molar refractivity (Wildman–Crippen MR) is 135 cm³/mol. The van der Waals surface area contributed by atoms with Crippen molar-refractivity contribution in [1.29, 1.82) is 0 Å².